The molecule has 0 aliphatic heterocycles. The zero-order chi connectivity index (χ0) is 14.7. The minimum atomic E-state index is -1.42. The maximum atomic E-state index is 12.5. The Morgan fingerprint density at radius 1 is 1.00 bits per heavy atom. The van der Waals surface area contributed by atoms with Crippen LogP contribution in [-0.4, -0.2) is 15.5 Å². The van der Waals surface area contributed by atoms with E-state index < -0.39 is 11.0 Å². The normalized spacial score (nSPS) is 12.0. The van der Waals surface area contributed by atoms with Gasteiger partial charge >= 0.3 is 0 Å². The minimum Gasteiger partial charge on any atom is -0.301 e. The molecule has 1 aromatic heterocycles. The molecule has 1 atom stereocenters. The molecule has 1 unspecified atom stereocenters. The van der Waals surface area contributed by atoms with Crippen LogP contribution >= 0.6 is 0 Å². The number of pyridine rings is 1. The number of hydrogen-bond acceptors (Lipinski definition) is 3. The quantitative estimate of drug-likeness (QED) is 0.752. The van der Waals surface area contributed by atoms with E-state index in [4.69, 9.17) is 0 Å². The van der Waals surface area contributed by atoms with E-state index in [1.54, 1.807) is 36.5 Å². The van der Waals surface area contributed by atoms with Crippen molar-refractivity contribution in [3.63, 3.8) is 0 Å². The Balaban J connectivity index is 1.91. The predicted octanol–water partition coefficient (Wildman–Crippen LogP) is 3.18. The Morgan fingerprint density at radius 3 is 2.52 bits per heavy atom. The number of aromatic nitrogens is 1. The molecule has 0 amide bonds. The lowest BCUT2D eigenvalue weighted by atomic mass is 10.2. The third kappa shape index (κ3) is 2.83. The highest BCUT2D eigenvalue weighted by Gasteiger charge is 2.09. The fourth-order valence-electron chi connectivity index (χ4n) is 2.02. The van der Waals surface area contributed by atoms with Gasteiger partial charge in [-0.25, -0.2) is 4.21 Å². The van der Waals surface area contributed by atoms with E-state index in [1.807, 2.05) is 24.3 Å². The lowest BCUT2D eigenvalue weighted by Crippen LogP contribution is -2.05. The number of benzene rings is 2. The number of carbonyl (C=O) groups is 1. The Morgan fingerprint density at radius 2 is 1.76 bits per heavy atom. The van der Waals surface area contributed by atoms with Gasteiger partial charge in [0.1, 0.15) is 6.29 Å². The summed E-state index contributed by atoms with van der Waals surface area (Å²) in [5.74, 6) is 0. The average Bonchev–Trinajstić information content (AvgIpc) is 2.55. The highest BCUT2D eigenvalue weighted by molar-refractivity contribution is 7.86. The molecule has 3 aromatic rings. The van der Waals surface area contributed by atoms with Crippen LogP contribution in [0, 0.1) is 0 Å². The first-order chi connectivity index (χ1) is 10.3. The maximum absolute atomic E-state index is 12.5. The van der Waals surface area contributed by atoms with Gasteiger partial charge < -0.3 is 4.72 Å². The molecule has 4 nitrogen and oxygen atoms in total. The molecule has 0 aliphatic carbocycles. The van der Waals surface area contributed by atoms with Crippen LogP contribution in [0.4, 0.5) is 5.69 Å². The van der Waals surface area contributed by atoms with E-state index in [-0.39, 0.29) is 0 Å². The van der Waals surface area contributed by atoms with Crippen molar-refractivity contribution in [1.82, 2.24) is 4.98 Å². The number of para-hydroxylation sites is 1. The molecule has 0 bridgehead atoms. The highest BCUT2D eigenvalue weighted by Crippen LogP contribution is 2.20. The van der Waals surface area contributed by atoms with Gasteiger partial charge in [-0.15, -0.1) is 0 Å². The van der Waals surface area contributed by atoms with Gasteiger partial charge in [-0.2, -0.15) is 0 Å². The van der Waals surface area contributed by atoms with Gasteiger partial charge in [-0.05, 0) is 36.4 Å². The highest BCUT2D eigenvalue weighted by atomic mass is 32.2. The topological polar surface area (TPSA) is 59.1 Å². The van der Waals surface area contributed by atoms with Gasteiger partial charge in [-0.1, -0.05) is 18.2 Å². The molecule has 1 N–H and O–H groups in total. The largest absolute Gasteiger partial charge is 0.301 e. The molecule has 0 saturated heterocycles. The van der Waals surface area contributed by atoms with Crippen LogP contribution in [0.3, 0.4) is 0 Å². The number of nitrogens with one attached hydrogen (secondary N) is 1. The van der Waals surface area contributed by atoms with Crippen LogP contribution in [-0.2, 0) is 11.0 Å². The first kappa shape index (κ1) is 13.5. The Kier molecular flexibility index (Phi) is 3.75. The van der Waals surface area contributed by atoms with E-state index in [0.29, 0.717) is 16.1 Å². The third-order valence-corrected chi connectivity index (χ3v) is 4.20. The van der Waals surface area contributed by atoms with Crippen molar-refractivity contribution in [3.05, 3.63) is 66.4 Å². The van der Waals surface area contributed by atoms with E-state index in [2.05, 4.69) is 9.71 Å². The first-order valence-electron chi connectivity index (χ1n) is 6.35. The van der Waals surface area contributed by atoms with Crippen LogP contribution in [0.5, 0.6) is 0 Å². The number of aldehydes is 1. The maximum Gasteiger partial charge on any atom is 0.152 e. The third-order valence-electron chi connectivity index (χ3n) is 3.05. The first-order valence-corrected chi connectivity index (χ1v) is 7.50. The summed E-state index contributed by atoms with van der Waals surface area (Å²) in [4.78, 5) is 15.5. The zero-order valence-electron chi connectivity index (χ0n) is 11.0. The SMILES string of the molecule is O=Cc1ccc(NS(=O)c2cccc3cccnc23)cc1. The summed E-state index contributed by atoms with van der Waals surface area (Å²) in [5, 5.41) is 0.946. The number of carbonyl (C=O) groups excluding carboxylic acids is 1. The molecule has 0 spiro atoms. The van der Waals surface area contributed by atoms with Crippen molar-refractivity contribution in [3.8, 4) is 0 Å². The van der Waals surface area contributed by atoms with Crippen LogP contribution in [0.2, 0.25) is 0 Å². The molecule has 21 heavy (non-hydrogen) atoms. The van der Waals surface area contributed by atoms with Gasteiger partial charge in [0.15, 0.2) is 11.0 Å². The number of anilines is 1. The van der Waals surface area contributed by atoms with E-state index in [1.165, 1.54) is 0 Å². The summed E-state index contributed by atoms with van der Waals surface area (Å²) in [7, 11) is -1.42. The van der Waals surface area contributed by atoms with Crippen molar-refractivity contribution in [2.24, 2.45) is 0 Å². The Hall–Kier alpha value is -2.53. The van der Waals surface area contributed by atoms with Crippen molar-refractivity contribution < 1.29 is 9.00 Å². The van der Waals surface area contributed by atoms with Crippen LogP contribution < -0.4 is 4.72 Å². The number of rotatable bonds is 4. The molecule has 5 heteroatoms. The van der Waals surface area contributed by atoms with Gasteiger partial charge in [0, 0.05) is 22.8 Å². The molecule has 1 heterocycles. The monoisotopic (exact) mass is 296 g/mol. The van der Waals surface area contributed by atoms with E-state index in [9.17, 15) is 9.00 Å². The molecule has 0 aliphatic rings. The zero-order valence-corrected chi connectivity index (χ0v) is 11.8. The summed E-state index contributed by atoms with van der Waals surface area (Å²) >= 11 is 0. The molecule has 0 radical (unpaired) electrons. The second-order valence-electron chi connectivity index (χ2n) is 4.44. The predicted molar refractivity (Wildman–Crippen MR) is 83.6 cm³/mol. The molecule has 3 rings (SSSR count). The number of hydrogen-bond donors (Lipinski definition) is 1. The fourth-order valence-corrected chi connectivity index (χ4v) is 3.03. The van der Waals surface area contributed by atoms with Gasteiger partial charge in [-0.3, -0.25) is 9.78 Å². The Bertz CT molecular complexity index is 811. The van der Waals surface area contributed by atoms with Crippen molar-refractivity contribution >= 4 is 33.9 Å². The van der Waals surface area contributed by atoms with Crippen molar-refractivity contribution in [2.45, 2.75) is 4.90 Å². The van der Waals surface area contributed by atoms with Gasteiger partial charge in [0.25, 0.3) is 0 Å². The van der Waals surface area contributed by atoms with Crippen LogP contribution in [0.15, 0.2) is 65.7 Å². The van der Waals surface area contributed by atoms with Crippen LogP contribution in [0.25, 0.3) is 10.9 Å². The van der Waals surface area contributed by atoms with E-state index >= 15 is 0 Å². The second-order valence-corrected chi connectivity index (χ2v) is 5.62. The summed E-state index contributed by atoms with van der Waals surface area (Å²) in [5.41, 5.74) is 1.99. The van der Waals surface area contributed by atoms with Gasteiger partial charge in [0.2, 0.25) is 0 Å². The molecule has 0 saturated carbocycles. The summed E-state index contributed by atoms with van der Waals surface area (Å²) in [6.45, 7) is 0. The van der Waals surface area contributed by atoms with Crippen LogP contribution in [0.1, 0.15) is 10.4 Å². The lowest BCUT2D eigenvalue weighted by molar-refractivity contribution is 0.112. The minimum absolute atomic E-state index is 0.582. The summed E-state index contributed by atoms with van der Waals surface area (Å²) in [6, 6.07) is 16.2. The number of nitrogens with zero attached hydrogens (tertiary/aromatic N) is 1. The Labute approximate surface area is 124 Å². The smallest absolute Gasteiger partial charge is 0.152 e. The van der Waals surface area contributed by atoms with E-state index in [0.717, 1.165) is 17.2 Å². The summed E-state index contributed by atoms with van der Waals surface area (Å²) < 4.78 is 15.4. The van der Waals surface area contributed by atoms with Crippen molar-refractivity contribution in [2.75, 3.05) is 4.72 Å². The lowest BCUT2D eigenvalue weighted by Gasteiger charge is -2.08. The standard InChI is InChI=1S/C16H12N2O2S/c19-11-12-6-8-14(9-7-12)18-21(20)15-5-1-3-13-4-2-10-17-16(13)15/h1-11,18H. The van der Waals surface area contributed by atoms with Gasteiger partial charge in [0.05, 0.1) is 10.4 Å². The van der Waals surface area contributed by atoms with Crippen molar-refractivity contribution in [1.29, 1.82) is 0 Å². The fraction of sp³-hybridized carbons (Fsp3) is 0. The molecular weight excluding hydrogens is 284 g/mol. The average molecular weight is 296 g/mol. The molecule has 2 aromatic carbocycles. The second kappa shape index (κ2) is 5.85. The number of fused-ring (bicyclic) bond motifs is 1. The molecular formula is C16H12N2O2S. The molecule has 0 fully saturated rings. The summed E-state index contributed by atoms with van der Waals surface area (Å²) in [6.07, 6.45) is 2.46. The molecule has 104 valence electrons.